The smallest absolute Gasteiger partial charge is 0.410 e. The summed E-state index contributed by atoms with van der Waals surface area (Å²) in [4.78, 5) is 29.6. The first-order valence-corrected chi connectivity index (χ1v) is 12.1. The minimum absolute atomic E-state index is 0.160. The van der Waals surface area contributed by atoms with Gasteiger partial charge in [-0.2, -0.15) is 0 Å². The number of pyridine rings is 2. The van der Waals surface area contributed by atoms with E-state index < -0.39 is 0 Å². The number of ether oxygens (including phenoxy) is 2. The van der Waals surface area contributed by atoms with Gasteiger partial charge in [0.2, 0.25) is 5.88 Å². The Morgan fingerprint density at radius 3 is 2.71 bits per heavy atom. The van der Waals surface area contributed by atoms with Crippen molar-refractivity contribution in [1.29, 1.82) is 0 Å². The highest BCUT2D eigenvalue weighted by Gasteiger charge is 2.32. The van der Waals surface area contributed by atoms with E-state index in [1.54, 1.807) is 0 Å². The van der Waals surface area contributed by atoms with Gasteiger partial charge in [-0.25, -0.2) is 9.78 Å². The summed E-state index contributed by atoms with van der Waals surface area (Å²) in [6.45, 7) is 4.66. The van der Waals surface area contributed by atoms with Crippen LogP contribution in [0.3, 0.4) is 0 Å². The number of benzene rings is 1. The Hall–Kier alpha value is -3.78. The maximum absolute atomic E-state index is 11.8. The van der Waals surface area contributed by atoms with E-state index in [1.807, 2.05) is 53.7 Å². The molecule has 8 heteroatoms. The first-order valence-electron chi connectivity index (χ1n) is 12.1. The Balaban J connectivity index is 1.07. The molecule has 2 aromatic heterocycles. The predicted octanol–water partition coefficient (Wildman–Crippen LogP) is 4.31. The lowest BCUT2D eigenvalue weighted by Crippen LogP contribution is -2.45. The molecular formula is C27H27N5O3. The molecule has 2 saturated heterocycles. The van der Waals surface area contributed by atoms with Gasteiger partial charge in [0, 0.05) is 49.5 Å². The van der Waals surface area contributed by atoms with Crippen LogP contribution in [0.2, 0.25) is 0 Å². The number of aromatic nitrogens is 2. The van der Waals surface area contributed by atoms with Crippen molar-refractivity contribution in [3.8, 4) is 11.6 Å². The zero-order valence-electron chi connectivity index (χ0n) is 19.5. The number of cyclic esters (lactones) is 1. The van der Waals surface area contributed by atoms with Gasteiger partial charge < -0.3 is 14.4 Å². The number of likely N-dealkylation sites (tertiary alicyclic amines) is 1. The highest BCUT2D eigenvalue weighted by Crippen LogP contribution is 2.26. The van der Waals surface area contributed by atoms with Crippen LogP contribution in [0, 0.1) is 0 Å². The van der Waals surface area contributed by atoms with Crippen molar-refractivity contribution in [2.24, 2.45) is 4.99 Å². The van der Waals surface area contributed by atoms with Gasteiger partial charge in [0.05, 0.1) is 24.3 Å². The maximum Gasteiger partial charge on any atom is 0.410 e. The molecule has 2 fully saturated rings. The molecule has 0 spiro atoms. The molecule has 0 bridgehead atoms. The summed E-state index contributed by atoms with van der Waals surface area (Å²) in [5.41, 5.74) is 4.22. The van der Waals surface area contributed by atoms with Crippen molar-refractivity contribution in [2.75, 3.05) is 32.8 Å². The van der Waals surface area contributed by atoms with Crippen LogP contribution in [0.25, 0.3) is 16.5 Å². The molecule has 0 unspecified atom stereocenters. The van der Waals surface area contributed by atoms with Crippen LogP contribution in [0.1, 0.15) is 24.1 Å². The number of fused-ring (bicyclic) bond motifs is 1. The molecule has 0 saturated carbocycles. The van der Waals surface area contributed by atoms with Crippen LogP contribution in [0.5, 0.6) is 11.6 Å². The Morgan fingerprint density at radius 1 is 1.06 bits per heavy atom. The molecular weight excluding hydrogens is 442 g/mol. The van der Waals surface area contributed by atoms with Crippen molar-refractivity contribution in [3.05, 3.63) is 66.0 Å². The summed E-state index contributed by atoms with van der Waals surface area (Å²) < 4.78 is 11.1. The number of allylic oxidation sites excluding steroid dienone is 1. The van der Waals surface area contributed by atoms with E-state index >= 15 is 0 Å². The molecule has 3 aromatic rings. The predicted molar refractivity (Wildman–Crippen MR) is 134 cm³/mol. The lowest BCUT2D eigenvalue weighted by atomic mass is 10.0. The SMILES string of the molecule is O=C1OCCN1C1CCN(Cc2ccc3cc(Oc4ccc(C5=CC=NC5)cn4)ccc3n2)CC1. The van der Waals surface area contributed by atoms with E-state index in [0.717, 1.165) is 72.5 Å². The highest BCUT2D eigenvalue weighted by molar-refractivity contribution is 5.89. The van der Waals surface area contributed by atoms with E-state index in [-0.39, 0.29) is 6.09 Å². The molecule has 0 atom stereocenters. The summed E-state index contributed by atoms with van der Waals surface area (Å²) in [6.07, 6.45) is 7.45. The minimum atomic E-state index is -0.160. The quantitative estimate of drug-likeness (QED) is 0.535. The third kappa shape index (κ3) is 4.74. The topological polar surface area (TPSA) is 80.2 Å². The van der Waals surface area contributed by atoms with Gasteiger partial charge in [-0.1, -0.05) is 6.07 Å². The Bertz CT molecular complexity index is 1300. The van der Waals surface area contributed by atoms with E-state index in [9.17, 15) is 4.79 Å². The van der Waals surface area contributed by atoms with Crippen molar-refractivity contribution < 1.29 is 14.3 Å². The largest absolute Gasteiger partial charge is 0.448 e. The average molecular weight is 470 g/mol. The molecule has 6 rings (SSSR count). The highest BCUT2D eigenvalue weighted by atomic mass is 16.6. The number of hydrogen-bond donors (Lipinski definition) is 0. The first-order chi connectivity index (χ1) is 17.2. The molecule has 0 radical (unpaired) electrons. The fraction of sp³-hybridized carbons (Fsp3) is 0.333. The lowest BCUT2D eigenvalue weighted by Gasteiger charge is -2.35. The van der Waals surface area contributed by atoms with Crippen molar-refractivity contribution in [2.45, 2.75) is 25.4 Å². The summed E-state index contributed by atoms with van der Waals surface area (Å²) in [5, 5.41) is 1.03. The molecule has 3 aliphatic rings. The molecule has 0 N–H and O–H groups in total. The van der Waals surface area contributed by atoms with Crippen LogP contribution in [-0.4, -0.2) is 70.9 Å². The standard InChI is InChI=1S/C27H27N5O3/c33-27-32(13-14-34-27)23-8-11-31(12-9-23)18-22-3-1-19-15-24(4-5-25(19)30-22)35-26-6-2-20(17-29-26)21-7-10-28-16-21/h1-7,10,15,17,23H,8-9,11-14,16,18H2. The average Bonchev–Trinajstić information content (AvgIpc) is 3.57. The first kappa shape index (κ1) is 21.7. The second kappa shape index (κ2) is 9.46. The van der Waals surface area contributed by atoms with Crippen LogP contribution >= 0.6 is 0 Å². The summed E-state index contributed by atoms with van der Waals surface area (Å²) in [5.74, 6) is 1.29. The van der Waals surface area contributed by atoms with E-state index in [1.165, 1.54) is 0 Å². The third-order valence-electron chi connectivity index (χ3n) is 6.87. The van der Waals surface area contributed by atoms with Gasteiger partial charge in [0.25, 0.3) is 0 Å². The van der Waals surface area contributed by atoms with Gasteiger partial charge in [0.1, 0.15) is 12.4 Å². The number of rotatable bonds is 6. The molecule has 8 nitrogen and oxygen atoms in total. The van der Waals surface area contributed by atoms with Crippen molar-refractivity contribution in [3.63, 3.8) is 0 Å². The fourth-order valence-electron chi connectivity index (χ4n) is 4.94. The number of carbonyl (C=O) groups is 1. The molecule has 0 aliphatic carbocycles. The third-order valence-corrected chi connectivity index (χ3v) is 6.87. The van der Waals surface area contributed by atoms with Crippen molar-refractivity contribution in [1.82, 2.24) is 19.8 Å². The molecule has 35 heavy (non-hydrogen) atoms. The number of nitrogens with zero attached hydrogens (tertiary/aromatic N) is 5. The van der Waals surface area contributed by atoms with Gasteiger partial charge in [0.15, 0.2) is 0 Å². The monoisotopic (exact) mass is 469 g/mol. The zero-order valence-corrected chi connectivity index (χ0v) is 19.5. The summed E-state index contributed by atoms with van der Waals surface area (Å²) in [6, 6.07) is 14.3. The van der Waals surface area contributed by atoms with Gasteiger partial charge in [-0.15, -0.1) is 0 Å². The second-order valence-corrected chi connectivity index (χ2v) is 9.14. The van der Waals surface area contributed by atoms with E-state index in [4.69, 9.17) is 14.5 Å². The van der Waals surface area contributed by atoms with Crippen LogP contribution in [-0.2, 0) is 11.3 Å². The Kier molecular flexibility index (Phi) is 5.88. The van der Waals surface area contributed by atoms with Gasteiger partial charge in [-0.05, 0) is 60.4 Å². The summed E-state index contributed by atoms with van der Waals surface area (Å²) >= 11 is 0. The normalized spacial score (nSPS) is 18.8. The zero-order chi connectivity index (χ0) is 23.6. The lowest BCUT2D eigenvalue weighted by molar-refractivity contribution is 0.115. The van der Waals surface area contributed by atoms with Crippen molar-refractivity contribution >= 4 is 28.8 Å². The summed E-state index contributed by atoms with van der Waals surface area (Å²) in [7, 11) is 0. The molecule has 5 heterocycles. The van der Waals surface area contributed by atoms with E-state index in [2.05, 4.69) is 27.0 Å². The van der Waals surface area contributed by atoms with Gasteiger partial charge >= 0.3 is 6.09 Å². The van der Waals surface area contributed by atoms with Gasteiger partial charge in [-0.3, -0.25) is 14.9 Å². The van der Waals surface area contributed by atoms with Crippen LogP contribution in [0.4, 0.5) is 4.79 Å². The number of carbonyl (C=O) groups excluding carboxylic acids is 1. The van der Waals surface area contributed by atoms with E-state index in [0.29, 0.717) is 25.1 Å². The molecule has 3 aliphatic heterocycles. The molecule has 178 valence electrons. The number of amides is 1. The Morgan fingerprint density at radius 2 is 1.97 bits per heavy atom. The van der Waals surface area contributed by atoms with Crippen LogP contribution < -0.4 is 4.74 Å². The maximum atomic E-state index is 11.8. The number of aliphatic imine (C=N–C) groups is 1. The Labute approximate surface area is 203 Å². The van der Waals surface area contributed by atoms with Crippen LogP contribution in [0.15, 0.2) is 59.7 Å². The minimum Gasteiger partial charge on any atom is -0.448 e. The molecule has 1 amide bonds. The molecule has 1 aromatic carbocycles. The number of piperidine rings is 1. The number of hydrogen-bond acceptors (Lipinski definition) is 7. The second-order valence-electron chi connectivity index (χ2n) is 9.14. The fourth-order valence-corrected chi connectivity index (χ4v) is 4.94.